The van der Waals surface area contributed by atoms with Gasteiger partial charge >= 0.3 is 0 Å². The first-order valence-electron chi connectivity index (χ1n) is 12.6. The fourth-order valence-electron chi connectivity index (χ4n) is 7.41. The summed E-state index contributed by atoms with van der Waals surface area (Å²) >= 11 is 0. The van der Waals surface area contributed by atoms with E-state index >= 15 is 0 Å². The van der Waals surface area contributed by atoms with Gasteiger partial charge in [0.05, 0.1) is 5.56 Å². The summed E-state index contributed by atoms with van der Waals surface area (Å²) in [7, 11) is 0. The quantitative estimate of drug-likeness (QED) is 0.455. The minimum absolute atomic E-state index is 0.0988. The smallest absolute Gasteiger partial charge is 0.203 e. The standard InChI is InChI=1S/C29H36O7/c1-13(2)10-16-8-9-18(31)20-17(16)11-27(6)12-28(7)21(14(3)4)23(32)19(15(5)30)25(34)29(28,36)26(35)22(27)24(20)33/h8-9,13-14,21,31,33-34,36H,10-12H2,1-7H3/t21?,27-,28-,29+/m1/s1. The molecule has 1 unspecified atom stereocenters. The van der Waals surface area contributed by atoms with Gasteiger partial charge in [0.2, 0.25) is 5.78 Å². The topological polar surface area (TPSA) is 132 Å². The lowest BCUT2D eigenvalue weighted by Crippen LogP contribution is -2.69. The summed E-state index contributed by atoms with van der Waals surface area (Å²) in [5.41, 5.74) is -3.83. The third-order valence-electron chi connectivity index (χ3n) is 8.61. The highest BCUT2D eigenvalue weighted by atomic mass is 16.3. The first-order chi connectivity index (χ1) is 16.5. The Labute approximate surface area is 211 Å². The number of ketones is 3. The van der Waals surface area contributed by atoms with Gasteiger partial charge in [0.25, 0.3) is 0 Å². The molecular formula is C29H36O7. The lowest BCUT2D eigenvalue weighted by molar-refractivity contribution is -0.178. The fraction of sp³-hybridized carbons (Fsp3) is 0.552. The zero-order chi connectivity index (χ0) is 27.1. The van der Waals surface area contributed by atoms with Crippen molar-refractivity contribution < 1.29 is 34.8 Å². The molecule has 0 spiro atoms. The molecule has 194 valence electrons. The zero-order valence-corrected chi connectivity index (χ0v) is 22.0. The normalized spacial score (nSPS) is 32.1. The van der Waals surface area contributed by atoms with Crippen LogP contribution in [0.4, 0.5) is 0 Å². The predicted octanol–water partition coefficient (Wildman–Crippen LogP) is 4.39. The summed E-state index contributed by atoms with van der Waals surface area (Å²) in [6, 6.07) is 3.31. The van der Waals surface area contributed by atoms with Crippen LogP contribution >= 0.6 is 0 Å². The first-order valence-corrected chi connectivity index (χ1v) is 12.6. The van der Waals surface area contributed by atoms with Gasteiger partial charge in [0.1, 0.15) is 22.8 Å². The Kier molecular flexibility index (Phi) is 5.84. The van der Waals surface area contributed by atoms with E-state index in [-0.39, 0.29) is 29.2 Å². The molecule has 1 saturated carbocycles. The van der Waals surface area contributed by atoms with E-state index in [9.17, 15) is 34.8 Å². The van der Waals surface area contributed by atoms with Gasteiger partial charge in [0, 0.05) is 22.3 Å². The van der Waals surface area contributed by atoms with Crippen molar-refractivity contribution in [3.05, 3.63) is 45.7 Å². The highest BCUT2D eigenvalue weighted by Crippen LogP contribution is 2.65. The Bertz CT molecular complexity index is 1270. The molecule has 4 atom stereocenters. The van der Waals surface area contributed by atoms with Crippen LogP contribution in [0.5, 0.6) is 5.75 Å². The number of aliphatic hydroxyl groups is 3. The van der Waals surface area contributed by atoms with Gasteiger partial charge in [-0.25, -0.2) is 0 Å². The molecule has 0 radical (unpaired) electrons. The van der Waals surface area contributed by atoms with Crippen molar-refractivity contribution >= 4 is 23.1 Å². The lowest BCUT2D eigenvalue weighted by atomic mass is 9.43. The van der Waals surface area contributed by atoms with Crippen LogP contribution < -0.4 is 0 Å². The van der Waals surface area contributed by atoms with Crippen LogP contribution in [0.3, 0.4) is 0 Å². The maximum atomic E-state index is 14.2. The summed E-state index contributed by atoms with van der Waals surface area (Å²) in [4.78, 5) is 40.1. The van der Waals surface area contributed by atoms with Crippen LogP contribution in [0.15, 0.2) is 29.0 Å². The van der Waals surface area contributed by atoms with Crippen molar-refractivity contribution in [2.45, 2.75) is 73.3 Å². The number of allylic oxidation sites excluding steroid dienone is 1. The van der Waals surface area contributed by atoms with Crippen molar-refractivity contribution in [3.63, 3.8) is 0 Å². The average Bonchev–Trinajstić information content (AvgIpc) is 2.72. The second kappa shape index (κ2) is 8.04. The molecule has 0 saturated heterocycles. The molecule has 0 heterocycles. The van der Waals surface area contributed by atoms with E-state index in [0.29, 0.717) is 18.8 Å². The summed E-state index contributed by atoms with van der Waals surface area (Å²) in [6.07, 6.45) is 1.11. The number of hydrogen-bond donors (Lipinski definition) is 4. The molecule has 0 bridgehead atoms. The molecule has 0 aromatic heterocycles. The van der Waals surface area contributed by atoms with E-state index in [2.05, 4.69) is 13.8 Å². The Morgan fingerprint density at radius 2 is 1.69 bits per heavy atom. The molecule has 1 aromatic carbocycles. The van der Waals surface area contributed by atoms with Crippen LogP contribution in [0.2, 0.25) is 0 Å². The second-order valence-corrected chi connectivity index (χ2v) is 12.2. The van der Waals surface area contributed by atoms with Crippen molar-refractivity contribution in [1.29, 1.82) is 0 Å². The highest BCUT2D eigenvalue weighted by Gasteiger charge is 2.72. The molecular weight excluding hydrogens is 460 g/mol. The monoisotopic (exact) mass is 496 g/mol. The number of hydrogen-bond acceptors (Lipinski definition) is 7. The molecule has 0 aliphatic heterocycles. The maximum absolute atomic E-state index is 14.2. The zero-order valence-electron chi connectivity index (χ0n) is 22.0. The van der Waals surface area contributed by atoms with E-state index in [1.807, 2.05) is 13.0 Å². The molecule has 4 rings (SSSR count). The van der Waals surface area contributed by atoms with Crippen molar-refractivity contribution in [2.75, 3.05) is 0 Å². The molecule has 0 amide bonds. The van der Waals surface area contributed by atoms with E-state index in [1.165, 1.54) is 6.07 Å². The van der Waals surface area contributed by atoms with Gasteiger partial charge in [-0.2, -0.15) is 0 Å². The van der Waals surface area contributed by atoms with Crippen LogP contribution in [-0.4, -0.2) is 43.4 Å². The number of phenols is 1. The van der Waals surface area contributed by atoms with Gasteiger partial charge in [0.15, 0.2) is 17.2 Å². The van der Waals surface area contributed by atoms with Crippen LogP contribution in [0.25, 0.3) is 5.76 Å². The third kappa shape index (κ3) is 3.17. The number of fused-ring (bicyclic) bond motifs is 3. The van der Waals surface area contributed by atoms with Gasteiger partial charge in [-0.1, -0.05) is 47.6 Å². The molecule has 36 heavy (non-hydrogen) atoms. The molecule has 1 fully saturated rings. The highest BCUT2D eigenvalue weighted by molar-refractivity contribution is 6.24. The Morgan fingerprint density at radius 1 is 1.08 bits per heavy atom. The number of aliphatic hydroxyl groups excluding tert-OH is 2. The predicted molar refractivity (Wildman–Crippen MR) is 134 cm³/mol. The molecule has 7 nitrogen and oxygen atoms in total. The van der Waals surface area contributed by atoms with Crippen LogP contribution in [-0.2, 0) is 27.2 Å². The fourth-order valence-corrected chi connectivity index (χ4v) is 7.41. The summed E-state index contributed by atoms with van der Waals surface area (Å²) in [5.74, 6) is -4.76. The first kappa shape index (κ1) is 26.1. The lowest BCUT2D eigenvalue weighted by Gasteiger charge is -2.59. The number of aromatic hydroxyl groups is 1. The minimum Gasteiger partial charge on any atom is -0.508 e. The van der Waals surface area contributed by atoms with E-state index in [0.717, 1.165) is 18.1 Å². The molecule has 1 aromatic rings. The summed E-state index contributed by atoms with van der Waals surface area (Å²) in [5, 5.41) is 45.4. The Hall–Kier alpha value is -2.93. The van der Waals surface area contributed by atoms with Gasteiger partial charge in [-0.3, -0.25) is 14.4 Å². The Morgan fingerprint density at radius 3 is 2.22 bits per heavy atom. The van der Waals surface area contributed by atoms with Gasteiger partial charge in [-0.15, -0.1) is 0 Å². The molecule has 7 heteroatoms. The summed E-state index contributed by atoms with van der Waals surface area (Å²) < 4.78 is 0. The van der Waals surface area contributed by atoms with E-state index in [4.69, 9.17) is 0 Å². The number of phenolic OH excluding ortho intramolecular Hbond substituents is 1. The number of Topliss-reactive ketones (excluding diaryl/α,β-unsaturated/α-hetero) is 3. The van der Waals surface area contributed by atoms with E-state index in [1.54, 1.807) is 20.8 Å². The van der Waals surface area contributed by atoms with Crippen molar-refractivity contribution in [2.24, 2.45) is 28.6 Å². The van der Waals surface area contributed by atoms with Crippen molar-refractivity contribution in [3.8, 4) is 5.75 Å². The molecule has 3 aliphatic rings. The van der Waals surface area contributed by atoms with Crippen LogP contribution in [0, 0.1) is 28.6 Å². The largest absolute Gasteiger partial charge is 0.508 e. The maximum Gasteiger partial charge on any atom is 0.203 e. The third-order valence-corrected chi connectivity index (χ3v) is 8.61. The minimum atomic E-state index is -2.58. The average molecular weight is 497 g/mol. The second-order valence-electron chi connectivity index (χ2n) is 12.2. The van der Waals surface area contributed by atoms with Gasteiger partial charge < -0.3 is 20.4 Å². The Balaban J connectivity index is 2.07. The number of rotatable bonds is 4. The summed E-state index contributed by atoms with van der Waals surface area (Å²) in [6.45, 7) is 12.3. The molecule has 4 N–H and O–H groups in total. The molecule has 3 aliphatic carbocycles. The SMILES string of the molecule is CC(=O)C1=C(O)[C@]2(O)C(=O)C3=C(O)c4c(O)ccc(CC(C)C)c4C[C@]3(C)C[C@]2(C)C(C(C)C)C1=O. The van der Waals surface area contributed by atoms with Crippen LogP contribution in [0.1, 0.15) is 71.6 Å². The number of carbonyl (C=O) groups excluding carboxylic acids is 3. The number of benzene rings is 1. The van der Waals surface area contributed by atoms with Gasteiger partial charge in [-0.05, 0) is 55.2 Å². The van der Waals surface area contributed by atoms with E-state index < -0.39 is 56.8 Å². The number of carbonyl (C=O) groups is 3. The van der Waals surface area contributed by atoms with Crippen molar-refractivity contribution in [1.82, 2.24) is 0 Å².